The van der Waals surface area contributed by atoms with E-state index in [4.69, 9.17) is 14.3 Å². The van der Waals surface area contributed by atoms with Crippen molar-refractivity contribution in [1.29, 1.82) is 0 Å². The highest BCUT2D eigenvalue weighted by atomic mass is 16.5. The third-order valence-electron chi connectivity index (χ3n) is 5.33. The van der Waals surface area contributed by atoms with Gasteiger partial charge in [0.1, 0.15) is 11.3 Å². The average molecular weight is 443 g/mol. The molecule has 1 unspecified atom stereocenters. The van der Waals surface area contributed by atoms with Crippen LogP contribution in [0.25, 0.3) is 22.1 Å². The van der Waals surface area contributed by atoms with E-state index in [1.54, 1.807) is 19.1 Å². The summed E-state index contributed by atoms with van der Waals surface area (Å²) in [7, 11) is 0. The summed E-state index contributed by atoms with van der Waals surface area (Å²) < 4.78 is 11.2. The quantitative estimate of drug-likeness (QED) is 0.382. The van der Waals surface area contributed by atoms with Gasteiger partial charge in [0.05, 0.1) is 0 Å². The lowest BCUT2D eigenvalue weighted by atomic mass is 10.0. The summed E-state index contributed by atoms with van der Waals surface area (Å²) >= 11 is 0. The van der Waals surface area contributed by atoms with Crippen molar-refractivity contribution in [1.82, 2.24) is 0 Å². The predicted octanol–water partition coefficient (Wildman–Crippen LogP) is 4.79. The summed E-state index contributed by atoms with van der Waals surface area (Å²) in [6.07, 6.45) is 0.726. The highest BCUT2D eigenvalue weighted by Crippen LogP contribution is 2.30. The molecule has 168 valence electrons. The number of nitrogens with one attached hydrogen (secondary N) is 1. The molecule has 0 saturated carbocycles. The van der Waals surface area contributed by atoms with Gasteiger partial charge in [-0.15, -0.1) is 0 Å². The molecule has 0 radical (unpaired) electrons. The smallest absolute Gasteiger partial charge is 0.336 e. The maximum atomic E-state index is 12.6. The normalized spacial score (nSPS) is 11.8. The maximum Gasteiger partial charge on any atom is 0.336 e. The van der Waals surface area contributed by atoms with Crippen molar-refractivity contribution >= 4 is 22.6 Å². The van der Waals surface area contributed by atoms with Gasteiger partial charge >= 0.3 is 5.63 Å². The highest BCUT2D eigenvalue weighted by molar-refractivity contribution is 5.95. The zero-order chi connectivity index (χ0) is 23.2. The summed E-state index contributed by atoms with van der Waals surface area (Å²) in [6.45, 7) is 1.81. The van der Waals surface area contributed by atoms with E-state index in [2.05, 4.69) is 5.32 Å². The van der Waals surface area contributed by atoms with E-state index >= 15 is 0 Å². The number of anilines is 1. The molecule has 33 heavy (non-hydrogen) atoms. The standard InChI is InChI=1S/C27H25NO5/c1-18(27(31)28-21-11-9-19(10-12-21)6-5-15-29)32-22-13-14-23-24(20-7-3-2-4-8-20)17-26(30)33-25(23)16-22/h2-4,7-14,16-18,29H,5-6,15H2,1H3,(H,28,31). The summed E-state index contributed by atoms with van der Waals surface area (Å²) in [6, 6.07) is 23.8. The van der Waals surface area contributed by atoms with Crippen molar-refractivity contribution in [2.75, 3.05) is 11.9 Å². The van der Waals surface area contributed by atoms with Crippen LogP contribution in [0.1, 0.15) is 18.9 Å². The lowest BCUT2D eigenvalue weighted by Crippen LogP contribution is -2.30. The van der Waals surface area contributed by atoms with E-state index < -0.39 is 11.7 Å². The van der Waals surface area contributed by atoms with Gasteiger partial charge in [0.15, 0.2) is 6.10 Å². The number of amides is 1. The summed E-state index contributed by atoms with van der Waals surface area (Å²) in [4.78, 5) is 24.7. The third-order valence-corrected chi connectivity index (χ3v) is 5.33. The highest BCUT2D eigenvalue weighted by Gasteiger charge is 2.16. The Bertz CT molecular complexity index is 1300. The zero-order valence-corrected chi connectivity index (χ0v) is 18.3. The number of benzene rings is 3. The largest absolute Gasteiger partial charge is 0.481 e. The van der Waals surface area contributed by atoms with Gasteiger partial charge in [-0.2, -0.15) is 0 Å². The number of hydrogen-bond acceptors (Lipinski definition) is 5. The first-order chi connectivity index (χ1) is 16.0. The molecule has 1 atom stereocenters. The minimum absolute atomic E-state index is 0.152. The second-order valence-corrected chi connectivity index (χ2v) is 7.78. The van der Waals surface area contributed by atoms with Crippen LogP contribution in [0.4, 0.5) is 5.69 Å². The summed E-state index contributed by atoms with van der Waals surface area (Å²) in [5, 5.41) is 12.5. The molecular formula is C27H25NO5. The number of carbonyl (C=O) groups is 1. The van der Waals surface area contributed by atoms with Crippen molar-refractivity contribution in [3.63, 3.8) is 0 Å². The summed E-state index contributed by atoms with van der Waals surface area (Å²) in [5.41, 5.74) is 3.40. The zero-order valence-electron chi connectivity index (χ0n) is 18.3. The van der Waals surface area contributed by atoms with Gasteiger partial charge in [0.25, 0.3) is 5.91 Å². The first-order valence-corrected chi connectivity index (χ1v) is 10.8. The van der Waals surface area contributed by atoms with E-state index in [9.17, 15) is 9.59 Å². The minimum atomic E-state index is -0.763. The maximum absolute atomic E-state index is 12.6. The van der Waals surface area contributed by atoms with Crippen LogP contribution in [-0.2, 0) is 11.2 Å². The molecule has 0 saturated heterocycles. The van der Waals surface area contributed by atoms with E-state index in [-0.39, 0.29) is 12.5 Å². The van der Waals surface area contributed by atoms with Gasteiger partial charge in [-0.1, -0.05) is 42.5 Å². The SMILES string of the molecule is CC(Oc1ccc2c(-c3ccccc3)cc(=O)oc2c1)C(=O)Nc1ccc(CCCO)cc1. The molecule has 6 nitrogen and oxygen atoms in total. The van der Waals surface area contributed by atoms with E-state index in [0.29, 0.717) is 23.4 Å². The molecule has 4 rings (SSSR count). The molecule has 0 aliphatic heterocycles. The van der Waals surface area contributed by atoms with Gasteiger partial charge in [0.2, 0.25) is 0 Å². The van der Waals surface area contributed by atoms with E-state index in [0.717, 1.165) is 28.5 Å². The van der Waals surface area contributed by atoms with E-state index in [1.165, 1.54) is 6.07 Å². The van der Waals surface area contributed by atoms with Crippen LogP contribution in [0.15, 0.2) is 88.1 Å². The molecular weight excluding hydrogens is 418 g/mol. The molecule has 0 fully saturated rings. The van der Waals surface area contributed by atoms with Crippen molar-refractivity contribution < 1.29 is 19.1 Å². The second-order valence-electron chi connectivity index (χ2n) is 7.78. The molecule has 6 heteroatoms. The van der Waals surface area contributed by atoms with Crippen LogP contribution >= 0.6 is 0 Å². The van der Waals surface area contributed by atoms with Crippen molar-refractivity contribution in [2.45, 2.75) is 25.9 Å². The Labute approximate surface area is 191 Å². The minimum Gasteiger partial charge on any atom is -0.481 e. The Morgan fingerprint density at radius 3 is 2.52 bits per heavy atom. The molecule has 0 aliphatic rings. The first-order valence-electron chi connectivity index (χ1n) is 10.8. The Morgan fingerprint density at radius 2 is 1.79 bits per heavy atom. The lowest BCUT2D eigenvalue weighted by molar-refractivity contribution is -0.122. The van der Waals surface area contributed by atoms with Gasteiger partial charge in [-0.25, -0.2) is 4.79 Å². The predicted molar refractivity (Wildman–Crippen MR) is 128 cm³/mol. The van der Waals surface area contributed by atoms with Crippen molar-refractivity contribution in [3.8, 4) is 16.9 Å². The monoisotopic (exact) mass is 443 g/mol. The number of carbonyl (C=O) groups excluding carboxylic acids is 1. The Hall–Kier alpha value is -3.90. The van der Waals surface area contributed by atoms with Crippen LogP contribution in [0.3, 0.4) is 0 Å². The Morgan fingerprint density at radius 1 is 1.03 bits per heavy atom. The molecule has 4 aromatic rings. The number of aliphatic hydroxyl groups excluding tert-OH is 1. The fourth-order valence-corrected chi connectivity index (χ4v) is 3.61. The Kier molecular flexibility index (Phi) is 6.86. The van der Waals surface area contributed by atoms with Gasteiger partial charge < -0.3 is 19.6 Å². The Balaban J connectivity index is 1.48. The molecule has 0 aliphatic carbocycles. The molecule has 0 spiro atoms. The number of aryl methyl sites for hydroxylation is 1. The van der Waals surface area contributed by atoms with Crippen molar-refractivity contribution in [3.05, 3.63) is 94.8 Å². The molecule has 0 bridgehead atoms. The molecule has 1 amide bonds. The van der Waals surface area contributed by atoms with Crippen LogP contribution < -0.4 is 15.7 Å². The van der Waals surface area contributed by atoms with Crippen LogP contribution in [0.2, 0.25) is 0 Å². The number of aliphatic hydroxyl groups is 1. The molecule has 2 N–H and O–H groups in total. The number of ether oxygens (including phenoxy) is 1. The van der Waals surface area contributed by atoms with Crippen molar-refractivity contribution in [2.24, 2.45) is 0 Å². The topological polar surface area (TPSA) is 88.8 Å². The summed E-state index contributed by atoms with van der Waals surface area (Å²) in [5.74, 6) is 0.135. The molecule has 1 heterocycles. The first kappa shape index (κ1) is 22.3. The molecule has 3 aromatic carbocycles. The van der Waals surface area contributed by atoms with Gasteiger partial charge in [0, 0.05) is 29.8 Å². The third kappa shape index (κ3) is 5.48. The van der Waals surface area contributed by atoms with Gasteiger partial charge in [-0.05, 0) is 60.7 Å². The number of fused-ring (bicyclic) bond motifs is 1. The van der Waals surface area contributed by atoms with Crippen LogP contribution in [-0.4, -0.2) is 23.7 Å². The van der Waals surface area contributed by atoms with Crippen LogP contribution in [0.5, 0.6) is 5.75 Å². The lowest BCUT2D eigenvalue weighted by Gasteiger charge is -2.15. The number of hydrogen-bond donors (Lipinski definition) is 2. The fraction of sp³-hybridized carbons (Fsp3) is 0.185. The van der Waals surface area contributed by atoms with Crippen LogP contribution in [0, 0.1) is 0 Å². The van der Waals surface area contributed by atoms with E-state index in [1.807, 2.05) is 60.7 Å². The average Bonchev–Trinajstić information content (AvgIpc) is 2.83. The molecule has 1 aromatic heterocycles. The fourth-order valence-electron chi connectivity index (χ4n) is 3.61. The second kappa shape index (κ2) is 10.1. The number of rotatable bonds is 8. The van der Waals surface area contributed by atoms with Gasteiger partial charge in [-0.3, -0.25) is 4.79 Å².